The second-order valence-corrected chi connectivity index (χ2v) is 8.38. The van der Waals surface area contributed by atoms with Crippen molar-refractivity contribution in [1.82, 2.24) is 0 Å². The Morgan fingerprint density at radius 1 is 0.875 bits per heavy atom. The smallest absolute Gasteiger partial charge is 0.130 e. The van der Waals surface area contributed by atoms with Crippen molar-refractivity contribution in [2.45, 2.75) is 22.0 Å². The van der Waals surface area contributed by atoms with Gasteiger partial charge in [0.1, 0.15) is 18.8 Å². The molecule has 1 aliphatic heterocycles. The van der Waals surface area contributed by atoms with Gasteiger partial charge >= 0.3 is 0 Å². The lowest BCUT2D eigenvalue weighted by molar-refractivity contribution is -0.874. The quantitative estimate of drug-likeness (QED) is 0.764. The van der Waals surface area contributed by atoms with Crippen molar-refractivity contribution in [1.29, 1.82) is 0 Å². The number of hydrogen-bond donors (Lipinski definition) is 0. The van der Waals surface area contributed by atoms with Crippen LogP contribution in [0.1, 0.15) is 11.7 Å². The van der Waals surface area contributed by atoms with Gasteiger partial charge in [-0.2, -0.15) is 0 Å². The Bertz CT molecular complexity index is 629. The summed E-state index contributed by atoms with van der Waals surface area (Å²) in [7, 11) is 6.54. The van der Waals surface area contributed by atoms with Crippen LogP contribution in [0.5, 0.6) is 0 Å². The van der Waals surface area contributed by atoms with E-state index in [2.05, 4.69) is 69.7 Å². The molecular formula is C20H26NO2S+. The molecule has 0 saturated carbocycles. The number of rotatable bonds is 5. The van der Waals surface area contributed by atoms with E-state index in [9.17, 15) is 0 Å². The molecule has 1 heterocycles. The minimum atomic E-state index is 0.0458. The van der Waals surface area contributed by atoms with Crippen molar-refractivity contribution in [2.75, 3.05) is 40.9 Å². The molecule has 0 aromatic heterocycles. The highest BCUT2D eigenvalue weighted by molar-refractivity contribution is 7.99. The second kappa shape index (κ2) is 7.70. The van der Waals surface area contributed by atoms with Gasteiger partial charge in [-0.3, -0.25) is 0 Å². The summed E-state index contributed by atoms with van der Waals surface area (Å²) < 4.78 is 12.9. The molecule has 2 aromatic carbocycles. The lowest BCUT2D eigenvalue weighted by Gasteiger charge is -2.34. The zero-order valence-corrected chi connectivity index (χ0v) is 15.5. The first kappa shape index (κ1) is 17.5. The fraction of sp³-hybridized carbons (Fsp3) is 0.400. The van der Waals surface area contributed by atoms with Gasteiger partial charge in [0.2, 0.25) is 0 Å². The van der Waals surface area contributed by atoms with Gasteiger partial charge in [0.15, 0.2) is 0 Å². The fourth-order valence-electron chi connectivity index (χ4n) is 2.83. The van der Waals surface area contributed by atoms with Crippen LogP contribution in [-0.4, -0.2) is 51.5 Å². The first-order valence-electron chi connectivity index (χ1n) is 8.36. The highest BCUT2D eigenvalue weighted by Crippen LogP contribution is 2.30. The summed E-state index contributed by atoms with van der Waals surface area (Å²) >= 11 is 1.78. The van der Waals surface area contributed by atoms with Crippen LogP contribution >= 0.6 is 11.8 Å². The number of hydrogen-bond acceptors (Lipinski definition) is 3. The van der Waals surface area contributed by atoms with Crippen LogP contribution in [0.15, 0.2) is 64.4 Å². The number of ether oxygens (including phenoxy) is 2. The SMILES string of the molecule is C[N+](C)(C)C[C@@H]1CO[C@@H](c2ccc(Sc3ccccc3)cc2)CO1. The van der Waals surface area contributed by atoms with Crippen LogP contribution in [0.3, 0.4) is 0 Å². The van der Waals surface area contributed by atoms with Crippen LogP contribution in [-0.2, 0) is 9.47 Å². The second-order valence-electron chi connectivity index (χ2n) is 7.23. The monoisotopic (exact) mass is 344 g/mol. The van der Waals surface area contributed by atoms with Crippen molar-refractivity contribution < 1.29 is 14.0 Å². The van der Waals surface area contributed by atoms with Crippen LogP contribution in [0.2, 0.25) is 0 Å². The van der Waals surface area contributed by atoms with Crippen LogP contribution < -0.4 is 0 Å². The fourth-order valence-corrected chi connectivity index (χ4v) is 3.66. The normalized spacial score (nSPS) is 21.6. The third-order valence-electron chi connectivity index (χ3n) is 3.95. The Morgan fingerprint density at radius 3 is 2.12 bits per heavy atom. The molecule has 0 N–H and O–H groups in total. The van der Waals surface area contributed by atoms with E-state index in [4.69, 9.17) is 9.47 Å². The Labute approximate surface area is 149 Å². The summed E-state index contributed by atoms with van der Waals surface area (Å²) in [4.78, 5) is 2.50. The van der Waals surface area contributed by atoms with Crippen molar-refractivity contribution in [3.8, 4) is 0 Å². The maximum Gasteiger partial charge on any atom is 0.130 e. The summed E-state index contributed by atoms with van der Waals surface area (Å²) in [5.74, 6) is 0. The van der Waals surface area contributed by atoms with Crippen LogP contribution in [0, 0.1) is 0 Å². The molecule has 0 amide bonds. The predicted molar refractivity (Wildman–Crippen MR) is 98.3 cm³/mol. The van der Waals surface area contributed by atoms with Gasteiger partial charge in [0, 0.05) is 9.79 Å². The Morgan fingerprint density at radius 2 is 1.54 bits per heavy atom. The molecule has 24 heavy (non-hydrogen) atoms. The van der Waals surface area contributed by atoms with E-state index in [0.29, 0.717) is 13.2 Å². The van der Waals surface area contributed by atoms with Crippen molar-refractivity contribution in [3.05, 3.63) is 60.2 Å². The number of likely N-dealkylation sites (N-methyl/N-ethyl adjacent to an activating group) is 1. The molecule has 3 rings (SSSR count). The van der Waals surface area contributed by atoms with Gasteiger partial charge in [-0.15, -0.1) is 0 Å². The summed E-state index contributed by atoms with van der Waals surface area (Å²) in [6.45, 7) is 2.27. The van der Waals surface area contributed by atoms with E-state index in [-0.39, 0.29) is 12.2 Å². The zero-order chi connectivity index (χ0) is 17.0. The highest BCUT2D eigenvalue weighted by Gasteiger charge is 2.27. The predicted octanol–water partition coefficient (Wildman–Crippen LogP) is 4.00. The molecular weight excluding hydrogens is 318 g/mol. The van der Waals surface area contributed by atoms with Crippen molar-refractivity contribution in [3.63, 3.8) is 0 Å². The number of quaternary nitrogens is 1. The highest BCUT2D eigenvalue weighted by atomic mass is 32.2. The molecule has 1 saturated heterocycles. The van der Waals surface area contributed by atoms with E-state index >= 15 is 0 Å². The summed E-state index contributed by atoms with van der Waals surface area (Å²) in [6, 6.07) is 19.1. The average molecular weight is 345 g/mol. The van der Waals surface area contributed by atoms with Gasteiger partial charge in [-0.25, -0.2) is 0 Å². The maximum absolute atomic E-state index is 6.04. The molecule has 4 heteroatoms. The zero-order valence-electron chi connectivity index (χ0n) is 14.6. The first-order chi connectivity index (χ1) is 11.5. The van der Waals surface area contributed by atoms with Gasteiger partial charge in [-0.05, 0) is 29.8 Å². The molecule has 1 fully saturated rings. The topological polar surface area (TPSA) is 18.5 Å². The van der Waals surface area contributed by atoms with Crippen LogP contribution in [0.25, 0.3) is 0 Å². The summed E-state index contributed by atoms with van der Waals surface area (Å²) in [5, 5.41) is 0. The summed E-state index contributed by atoms with van der Waals surface area (Å²) in [5.41, 5.74) is 1.19. The van der Waals surface area contributed by atoms with Crippen molar-refractivity contribution >= 4 is 11.8 Å². The molecule has 0 spiro atoms. The minimum Gasteiger partial charge on any atom is -0.368 e. The lowest BCUT2D eigenvalue weighted by atomic mass is 10.1. The number of benzene rings is 2. The third kappa shape index (κ3) is 5.08. The molecule has 0 aliphatic carbocycles. The Balaban J connectivity index is 1.55. The third-order valence-corrected chi connectivity index (χ3v) is 4.96. The number of nitrogens with zero attached hydrogens (tertiary/aromatic N) is 1. The van der Waals surface area contributed by atoms with Gasteiger partial charge < -0.3 is 14.0 Å². The van der Waals surface area contributed by atoms with E-state index < -0.39 is 0 Å². The first-order valence-corrected chi connectivity index (χ1v) is 9.18. The van der Waals surface area contributed by atoms with Gasteiger partial charge in [0.05, 0.1) is 34.4 Å². The van der Waals surface area contributed by atoms with Crippen LogP contribution in [0.4, 0.5) is 0 Å². The summed E-state index contributed by atoms with van der Waals surface area (Å²) in [6.07, 6.45) is 0.235. The molecule has 0 unspecified atom stereocenters. The average Bonchev–Trinajstić information content (AvgIpc) is 2.56. The largest absolute Gasteiger partial charge is 0.368 e. The molecule has 0 radical (unpaired) electrons. The Kier molecular flexibility index (Phi) is 5.61. The van der Waals surface area contributed by atoms with Gasteiger partial charge in [0.25, 0.3) is 0 Å². The molecule has 2 aromatic rings. The molecule has 2 atom stereocenters. The standard InChI is InChI=1S/C20H26NO2S/c1-21(2,3)13-17-14-23-20(15-22-17)16-9-11-19(12-10-16)24-18-7-5-4-6-8-18/h4-12,17,20H,13-15H2,1-3H3/q+1/t17-,20-/m1/s1. The molecule has 3 nitrogen and oxygen atoms in total. The maximum atomic E-state index is 6.04. The van der Waals surface area contributed by atoms with E-state index in [1.807, 2.05) is 6.07 Å². The van der Waals surface area contributed by atoms with E-state index in [1.165, 1.54) is 15.4 Å². The molecule has 0 bridgehead atoms. The van der Waals surface area contributed by atoms with E-state index in [1.54, 1.807) is 11.8 Å². The lowest BCUT2D eigenvalue weighted by Crippen LogP contribution is -2.46. The molecule has 1 aliphatic rings. The van der Waals surface area contributed by atoms with Gasteiger partial charge in [-0.1, -0.05) is 42.1 Å². The minimum absolute atomic E-state index is 0.0458. The molecule has 128 valence electrons. The van der Waals surface area contributed by atoms with Crippen molar-refractivity contribution in [2.24, 2.45) is 0 Å². The van der Waals surface area contributed by atoms with E-state index in [0.717, 1.165) is 11.0 Å². The Hall–Kier alpha value is -1.33.